The van der Waals surface area contributed by atoms with Gasteiger partial charge in [0, 0.05) is 24.0 Å². The van der Waals surface area contributed by atoms with Crippen LogP contribution in [0.3, 0.4) is 0 Å². The SMILES string of the molecule is CCNc1nc(-c2ccc(C)cn2)nc(CC)c1C. The molecule has 0 saturated carbocycles. The second-order valence-electron chi connectivity index (χ2n) is 4.57. The molecule has 2 heterocycles. The van der Waals surface area contributed by atoms with Gasteiger partial charge in [-0.2, -0.15) is 0 Å². The fourth-order valence-corrected chi connectivity index (χ4v) is 1.96. The van der Waals surface area contributed by atoms with E-state index >= 15 is 0 Å². The van der Waals surface area contributed by atoms with Crippen LogP contribution < -0.4 is 5.32 Å². The Morgan fingerprint density at radius 1 is 1.11 bits per heavy atom. The molecule has 0 amide bonds. The topological polar surface area (TPSA) is 50.7 Å². The van der Waals surface area contributed by atoms with Crippen LogP contribution in [0.2, 0.25) is 0 Å². The van der Waals surface area contributed by atoms with Crippen LogP contribution >= 0.6 is 0 Å². The first-order chi connectivity index (χ1) is 9.15. The molecule has 0 aliphatic heterocycles. The van der Waals surface area contributed by atoms with Crippen molar-refractivity contribution < 1.29 is 0 Å². The summed E-state index contributed by atoms with van der Waals surface area (Å²) in [6.45, 7) is 9.10. The highest BCUT2D eigenvalue weighted by atomic mass is 15.0. The van der Waals surface area contributed by atoms with E-state index in [-0.39, 0.29) is 0 Å². The van der Waals surface area contributed by atoms with Crippen molar-refractivity contribution in [3.8, 4) is 11.5 Å². The number of rotatable bonds is 4. The van der Waals surface area contributed by atoms with E-state index in [0.717, 1.165) is 41.3 Å². The highest BCUT2D eigenvalue weighted by Crippen LogP contribution is 2.21. The fourth-order valence-electron chi connectivity index (χ4n) is 1.96. The normalized spacial score (nSPS) is 10.5. The summed E-state index contributed by atoms with van der Waals surface area (Å²) in [5, 5.41) is 3.29. The standard InChI is InChI=1S/C15H20N4/c1-5-12-11(4)14(16-6-2)19-15(18-12)13-8-7-10(3)9-17-13/h7-9H,5-6H2,1-4H3,(H,16,18,19). The van der Waals surface area contributed by atoms with Gasteiger partial charge in [0.2, 0.25) is 0 Å². The Labute approximate surface area is 114 Å². The minimum absolute atomic E-state index is 0.693. The van der Waals surface area contributed by atoms with Gasteiger partial charge in [-0.1, -0.05) is 13.0 Å². The van der Waals surface area contributed by atoms with Gasteiger partial charge in [0.1, 0.15) is 11.5 Å². The Morgan fingerprint density at radius 2 is 1.89 bits per heavy atom. The summed E-state index contributed by atoms with van der Waals surface area (Å²) < 4.78 is 0. The molecule has 19 heavy (non-hydrogen) atoms. The lowest BCUT2D eigenvalue weighted by Crippen LogP contribution is -2.08. The first-order valence-electron chi connectivity index (χ1n) is 6.70. The molecule has 4 heteroatoms. The summed E-state index contributed by atoms with van der Waals surface area (Å²) in [4.78, 5) is 13.6. The number of nitrogens with zero attached hydrogens (tertiary/aromatic N) is 3. The van der Waals surface area contributed by atoms with Crippen molar-refractivity contribution in [3.63, 3.8) is 0 Å². The molecule has 0 bridgehead atoms. The highest BCUT2D eigenvalue weighted by molar-refractivity contribution is 5.56. The maximum absolute atomic E-state index is 4.62. The third-order valence-corrected chi connectivity index (χ3v) is 3.07. The molecule has 2 aromatic heterocycles. The Bertz CT molecular complexity index is 561. The van der Waals surface area contributed by atoms with Crippen molar-refractivity contribution >= 4 is 5.82 Å². The molecule has 0 fully saturated rings. The number of hydrogen-bond acceptors (Lipinski definition) is 4. The average molecular weight is 256 g/mol. The van der Waals surface area contributed by atoms with Gasteiger partial charge >= 0.3 is 0 Å². The molecular formula is C15H20N4. The number of aryl methyl sites for hydroxylation is 2. The molecule has 0 aromatic carbocycles. The van der Waals surface area contributed by atoms with E-state index in [1.807, 2.05) is 25.3 Å². The highest BCUT2D eigenvalue weighted by Gasteiger charge is 2.11. The minimum Gasteiger partial charge on any atom is -0.370 e. The number of aromatic nitrogens is 3. The molecular weight excluding hydrogens is 236 g/mol. The second kappa shape index (κ2) is 5.78. The third-order valence-electron chi connectivity index (χ3n) is 3.07. The van der Waals surface area contributed by atoms with Gasteiger partial charge in [-0.05, 0) is 38.8 Å². The summed E-state index contributed by atoms with van der Waals surface area (Å²) in [6.07, 6.45) is 2.74. The van der Waals surface area contributed by atoms with Crippen molar-refractivity contribution in [2.24, 2.45) is 0 Å². The zero-order valence-electron chi connectivity index (χ0n) is 12.0. The van der Waals surface area contributed by atoms with Crippen LogP contribution in [0.1, 0.15) is 30.7 Å². The van der Waals surface area contributed by atoms with Gasteiger partial charge in [-0.15, -0.1) is 0 Å². The average Bonchev–Trinajstić information content (AvgIpc) is 2.42. The van der Waals surface area contributed by atoms with Gasteiger partial charge in [0.15, 0.2) is 5.82 Å². The maximum Gasteiger partial charge on any atom is 0.180 e. The molecule has 0 spiro atoms. The molecule has 0 radical (unpaired) electrons. The van der Waals surface area contributed by atoms with Crippen molar-refractivity contribution in [2.45, 2.75) is 34.1 Å². The van der Waals surface area contributed by atoms with E-state index in [0.29, 0.717) is 5.82 Å². The third kappa shape index (κ3) is 2.89. The summed E-state index contributed by atoms with van der Waals surface area (Å²) in [5.41, 5.74) is 4.15. The second-order valence-corrected chi connectivity index (χ2v) is 4.57. The number of nitrogens with one attached hydrogen (secondary N) is 1. The van der Waals surface area contributed by atoms with Gasteiger partial charge in [0.25, 0.3) is 0 Å². The lowest BCUT2D eigenvalue weighted by molar-refractivity contribution is 0.964. The van der Waals surface area contributed by atoms with Crippen molar-refractivity contribution in [1.29, 1.82) is 0 Å². The van der Waals surface area contributed by atoms with Crippen LogP contribution in [0.4, 0.5) is 5.82 Å². The van der Waals surface area contributed by atoms with Gasteiger partial charge in [0.05, 0.1) is 0 Å². The van der Waals surface area contributed by atoms with E-state index in [4.69, 9.17) is 0 Å². The van der Waals surface area contributed by atoms with E-state index in [1.54, 1.807) is 0 Å². The predicted molar refractivity (Wildman–Crippen MR) is 78.3 cm³/mol. The van der Waals surface area contributed by atoms with Crippen molar-refractivity contribution in [3.05, 3.63) is 35.2 Å². The van der Waals surface area contributed by atoms with Crippen LogP contribution in [0.15, 0.2) is 18.3 Å². The molecule has 100 valence electrons. The molecule has 0 aliphatic rings. The Hall–Kier alpha value is -1.97. The summed E-state index contributed by atoms with van der Waals surface area (Å²) in [7, 11) is 0. The zero-order chi connectivity index (χ0) is 13.8. The summed E-state index contributed by atoms with van der Waals surface area (Å²) >= 11 is 0. The van der Waals surface area contributed by atoms with Crippen LogP contribution in [0, 0.1) is 13.8 Å². The Kier molecular flexibility index (Phi) is 4.10. The molecule has 4 nitrogen and oxygen atoms in total. The van der Waals surface area contributed by atoms with Gasteiger partial charge in [-0.25, -0.2) is 9.97 Å². The minimum atomic E-state index is 0.693. The number of pyridine rings is 1. The van der Waals surface area contributed by atoms with Gasteiger partial charge in [-0.3, -0.25) is 4.98 Å². The van der Waals surface area contributed by atoms with Gasteiger partial charge < -0.3 is 5.32 Å². The largest absolute Gasteiger partial charge is 0.370 e. The fraction of sp³-hybridized carbons (Fsp3) is 0.400. The molecule has 0 unspecified atom stereocenters. The zero-order valence-corrected chi connectivity index (χ0v) is 12.0. The first kappa shape index (κ1) is 13.5. The predicted octanol–water partition coefficient (Wildman–Crippen LogP) is 3.15. The maximum atomic E-state index is 4.62. The Balaban J connectivity index is 2.51. The molecule has 1 N–H and O–H groups in total. The van der Waals surface area contributed by atoms with Crippen molar-refractivity contribution in [2.75, 3.05) is 11.9 Å². The number of hydrogen-bond donors (Lipinski definition) is 1. The molecule has 0 saturated heterocycles. The first-order valence-corrected chi connectivity index (χ1v) is 6.70. The molecule has 0 aliphatic carbocycles. The van der Waals surface area contributed by atoms with Crippen LogP contribution in [0.5, 0.6) is 0 Å². The molecule has 2 rings (SSSR count). The lowest BCUT2D eigenvalue weighted by Gasteiger charge is -2.12. The van der Waals surface area contributed by atoms with E-state index in [1.165, 1.54) is 0 Å². The van der Waals surface area contributed by atoms with E-state index in [2.05, 4.69) is 41.0 Å². The van der Waals surface area contributed by atoms with Crippen LogP contribution in [-0.2, 0) is 6.42 Å². The molecule has 0 atom stereocenters. The summed E-state index contributed by atoms with van der Waals surface area (Å²) in [6, 6.07) is 4.00. The van der Waals surface area contributed by atoms with E-state index in [9.17, 15) is 0 Å². The smallest absolute Gasteiger partial charge is 0.180 e. The monoisotopic (exact) mass is 256 g/mol. The molecule has 2 aromatic rings. The van der Waals surface area contributed by atoms with Crippen molar-refractivity contribution in [1.82, 2.24) is 15.0 Å². The quantitative estimate of drug-likeness (QED) is 0.913. The summed E-state index contributed by atoms with van der Waals surface area (Å²) in [5.74, 6) is 1.60. The van der Waals surface area contributed by atoms with Crippen LogP contribution in [-0.4, -0.2) is 21.5 Å². The number of anilines is 1. The van der Waals surface area contributed by atoms with E-state index < -0.39 is 0 Å². The van der Waals surface area contributed by atoms with Crippen LogP contribution in [0.25, 0.3) is 11.5 Å². The Morgan fingerprint density at radius 3 is 2.47 bits per heavy atom. The lowest BCUT2D eigenvalue weighted by atomic mass is 10.2.